The van der Waals surface area contributed by atoms with Crippen molar-refractivity contribution in [3.05, 3.63) is 36.2 Å². The maximum Gasteiger partial charge on any atom is 0.373 e. The number of hydrogen-bond donors (Lipinski definition) is 0. The quantitative estimate of drug-likeness (QED) is 0.845. The molecule has 5 heteroatoms. The Balaban J connectivity index is 0.000000550. The van der Waals surface area contributed by atoms with Crippen LogP contribution in [0.15, 0.2) is 30.5 Å². The number of nitrogens with zero attached hydrogens (tertiary/aromatic N) is 3. The summed E-state index contributed by atoms with van der Waals surface area (Å²) < 4.78 is 2.09. The average molecular weight is 259 g/mol. The summed E-state index contributed by atoms with van der Waals surface area (Å²) in [5.74, 6) is 0. The van der Waals surface area contributed by atoms with Crippen molar-refractivity contribution in [1.82, 2.24) is 14.8 Å². The fraction of sp³-hybridized carbons (Fsp3) is 0.357. The largest absolute Gasteiger partial charge is 0.373 e. The first-order valence-corrected chi connectivity index (χ1v) is 6.24. The topological polar surface area (TPSA) is 64.8 Å². The van der Waals surface area contributed by atoms with Crippen LogP contribution in [0.1, 0.15) is 26.0 Å². The van der Waals surface area contributed by atoms with Crippen LogP contribution in [0.3, 0.4) is 0 Å². The summed E-state index contributed by atoms with van der Waals surface area (Å²) >= 11 is 0. The van der Waals surface area contributed by atoms with E-state index in [-0.39, 0.29) is 6.15 Å². The van der Waals surface area contributed by atoms with E-state index in [1.54, 1.807) is 6.20 Å². The number of aryl methyl sites for hydroxylation is 2. The Kier molecular flexibility index (Phi) is 6.19. The average Bonchev–Trinajstić information content (AvgIpc) is 2.84. The molecule has 0 fully saturated rings. The fourth-order valence-electron chi connectivity index (χ4n) is 1.78. The van der Waals surface area contributed by atoms with Gasteiger partial charge in [0.15, 0.2) is 0 Å². The van der Waals surface area contributed by atoms with Gasteiger partial charge >= 0.3 is 6.15 Å². The number of carbonyl (C=O) groups excluding carboxylic acids is 2. The molecule has 2 aromatic heterocycles. The van der Waals surface area contributed by atoms with Gasteiger partial charge in [-0.1, -0.05) is 19.9 Å². The molecule has 19 heavy (non-hydrogen) atoms. The highest BCUT2D eigenvalue weighted by Crippen LogP contribution is 2.17. The molecule has 0 atom stereocenters. The van der Waals surface area contributed by atoms with E-state index in [4.69, 9.17) is 9.59 Å². The van der Waals surface area contributed by atoms with Crippen molar-refractivity contribution in [3.8, 4) is 11.4 Å². The first-order chi connectivity index (χ1) is 9.26. The smallest absolute Gasteiger partial charge is 0.269 e. The molecular formula is C14H17N3O2. The molecule has 0 unspecified atom stereocenters. The number of pyridine rings is 1. The zero-order valence-corrected chi connectivity index (χ0v) is 11.2. The summed E-state index contributed by atoms with van der Waals surface area (Å²) in [6, 6.07) is 8.05. The lowest BCUT2D eigenvalue weighted by atomic mass is 10.2. The van der Waals surface area contributed by atoms with Gasteiger partial charge in [-0.25, -0.2) is 0 Å². The van der Waals surface area contributed by atoms with E-state index in [0.29, 0.717) is 0 Å². The first-order valence-electron chi connectivity index (χ1n) is 6.24. The number of rotatable bonds is 4. The normalized spacial score (nSPS) is 9.37. The molecule has 0 amide bonds. The summed E-state index contributed by atoms with van der Waals surface area (Å²) in [4.78, 5) is 20.6. The minimum atomic E-state index is 0.250. The van der Waals surface area contributed by atoms with Crippen molar-refractivity contribution in [2.24, 2.45) is 0 Å². The summed E-state index contributed by atoms with van der Waals surface area (Å²) in [7, 11) is 0. The van der Waals surface area contributed by atoms with Crippen LogP contribution >= 0.6 is 0 Å². The van der Waals surface area contributed by atoms with Crippen molar-refractivity contribution < 1.29 is 9.59 Å². The lowest BCUT2D eigenvalue weighted by molar-refractivity contribution is -0.191. The van der Waals surface area contributed by atoms with Crippen LogP contribution in [-0.2, 0) is 22.6 Å². The lowest BCUT2D eigenvalue weighted by Crippen LogP contribution is -2.03. The number of hydrogen-bond acceptors (Lipinski definition) is 4. The van der Waals surface area contributed by atoms with Gasteiger partial charge in [0.1, 0.15) is 5.69 Å². The maximum absolute atomic E-state index is 8.12. The van der Waals surface area contributed by atoms with Crippen molar-refractivity contribution in [3.63, 3.8) is 0 Å². The van der Waals surface area contributed by atoms with Crippen LogP contribution in [0.2, 0.25) is 0 Å². The van der Waals surface area contributed by atoms with E-state index in [1.165, 1.54) is 5.69 Å². The van der Waals surface area contributed by atoms with Gasteiger partial charge in [0.25, 0.3) is 0 Å². The Labute approximate surface area is 112 Å². The standard InChI is InChI=1S/C13H17N3.CO2/c1-3-9-16-11(4-2)10-13(15-16)12-7-5-6-8-14-12;2-1-3/h5-8,10H,3-4,9H2,1-2H3;. The molecule has 0 aromatic carbocycles. The van der Waals surface area contributed by atoms with Crippen LogP contribution < -0.4 is 0 Å². The molecule has 2 heterocycles. The summed E-state index contributed by atoms with van der Waals surface area (Å²) in [6.07, 6.45) is 4.18. The summed E-state index contributed by atoms with van der Waals surface area (Å²) in [6.45, 7) is 5.31. The second-order valence-electron chi connectivity index (χ2n) is 3.90. The molecule has 0 N–H and O–H groups in total. The van der Waals surface area contributed by atoms with Crippen molar-refractivity contribution in [1.29, 1.82) is 0 Å². The highest BCUT2D eigenvalue weighted by Gasteiger charge is 2.07. The molecule has 0 aliphatic heterocycles. The van der Waals surface area contributed by atoms with Crippen LogP contribution in [0.4, 0.5) is 0 Å². The first kappa shape index (κ1) is 14.8. The molecule has 0 saturated carbocycles. The van der Waals surface area contributed by atoms with Crippen molar-refractivity contribution in [2.45, 2.75) is 33.2 Å². The van der Waals surface area contributed by atoms with Crippen LogP contribution in [0.5, 0.6) is 0 Å². The second-order valence-corrected chi connectivity index (χ2v) is 3.90. The van der Waals surface area contributed by atoms with Gasteiger partial charge in [0.2, 0.25) is 0 Å². The van der Waals surface area contributed by atoms with E-state index >= 15 is 0 Å². The second kappa shape index (κ2) is 7.95. The molecule has 0 spiro atoms. The predicted molar refractivity (Wildman–Crippen MR) is 70.1 cm³/mol. The Bertz CT molecular complexity index is 529. The summed E-state index contributed by atoms with van der Waals surface area (Å²) in [5, 5.41) is 4.60. The predicted octanol–water partition coefficient (Wildman–Crippen LogP) is 2.33. The Morgan fingerprint density at radius 2 is 1.95 bits per heavy atom. The third-order valence-electron chi connectivity index (χ3n) is 2.59. The third-order valence-corrected chi connectivity index (χ3v) is 2.59. The van der Waals surface area contributed by atoms with Gasteiger partial charge < -0.3 is 0 Å². The van der Waals surface area contributed by atoms with Gasteiger partial charge in [-0.05, 0) is 31.0 Å². The van der Waals surface area contributed by atoms with Gasteiger partial charge in [-0.2, -0.15) is 14.7 Å². The molecule has 0 saturated heterocycles. The van der Waals surface area contributed by atoms with Crippen LogP contribution in [0.25, 0.3) is 11.4 Å². The minimum Gasteiger partial charge on any atom is -0.269 e. The minimum absolute atomic E-state index is 0.250. The lowest BCUT2D eigenvalue weighted by Gasteiger charge is -2.01. The fourth-order valence-corrected chi connectivity index (χ4v) is 1.78. The van der Waals surface area contributed by atoms with E-state index < -0.39 is 0 Å². The molecular weight excluding hydrogens is 242 g/mol. The van der Waals surface area contributed by atoms with Gasteiger partial charge in [0.05, 0.1) is 5.69 Å². The molecule has 0 bridgehead atoms. The third kappa shape index (κ3) is 4.16. The van der Waals surface area contributed by atoms with E-state index in [2.05, 4.69) is 34.7 Å². The Hall–Kier alpha value is -2.26. The maximum atomic E-state index is 8.12. The molecule has 0 aliphatic carbocycles. The molecule has 2 rings (SSSR count). The van der Waals surface area contributed by atoms with E-state index in [1.807, 2.05) is 18.2 Å². The van der Waals surface area contributed by atoms with Crippen LogP contribution in [0, 0.1) is 0 Å². The molecule has 5 nitrogen and oxygen atoms in total. The van der Waals surface area contributed by atoms with Gasteiger partial charge in [-0.3, -0.25) is 9.67 Å². The zero-order valence-electron chi connectivity index (χ0n) is 11.2. The van der Waals surface area contributed by atoms with Crippen molar-refractivity contribution in [2.75, 3.05) is 0 Å². The van der Waals surface area contributed by atoms with Gasteiger partial charge in [0, 0.05) is 18.4 Å². The van der Waals surface area contributed by atoms with E-state index in [9.17, 15) is 0 Å². The Morgan fingerprint density at radius 3 is 2.47 bits per heavy atom. The SMILES string of the molecule is CCCn1nc(-c2ccccn2)cc1CC.O=C=O. The highest BCUT2D eigenvalue weighted by atomic mass is 16.2. The Morgan fingerprint density at radius 1 is 1.21 bits per heavy atom. The summed E-state index contributed by atoms with van der Waals surface area (Å²) in [5.41, 5.74) is 3.21. The molecule has 0 aliphatic rings. The molecule has 100 valence electrons. The molecule has 0 radical (unpaired) electrons. The van der Waals surface area contributed by atoms with Crippen molar-refractivity contribution >= 4 is 6.15 Å². The number of aromatic nitrogens is 3. The highest BCUT2D eigenvalue weighted by molar-refractivity contribution is 5.53. The van der Waals surface area contributed by atoms with E-state index in [0.717, 1.165) is 30.8 Å². The molecule has 2 aromatic rings. The zero-order chi connectivity index (χ0) is 14.1. The monoisotopic (exact) mass is 259 g/mol. The van der Waals surface area contributed by atoms with Crippen LogP contribution in [-0.4, -0.2) is 20.9 Å². The van der Waals surface area contributed by atoms with Gasteiger partial charge in [-0.15, -0.1) is 0 Å².